The van der Waals surface area contributed by atoms with Gasteiger partial charge in [0.05, 0.1) is 19.0 Å². The molecule has 0 bridgehead atoms. The van der Waals surface area contributed by atoms with E-state index in [9.17, 15) is 4.39 Å². The Bertz CT molecular complexity index is 582. The second-order valence-electron chi connectivity index (χ2n) is 5.18. The molecule has 0 radical (unpaired) electrons. The Morgan fingerprint density at radius 3 is 2.45 bits per heavy atom. The Kier molecular flexibility index (Phi) is 4.80. The Labute approximate surface area is 129 Å². The first-order chi connectivity index (χ1) is 10.8. The molecule has 2 heterocycles. The SMILES string of the molecule is Fc1ccc(CCOc2cnc(N3CCNCC3)nc2)cc1. The standard InChI is InChI=1S/C16H19FN4O/c17-14-3-1-13(2-4-14)5-10-22-15-11-19-16(20-12-15)21-8-6-18-7-9-21/h1-4,11-12,18H,5-10H2. The van der Waals surface area contributed by atoms with E-state index in [0.29, 0.717) is 12.4 Å². The number of rotatable bonds is 5. The van der Waals surface area contributed by atoms with Crippen molar-refractivity contribution in [1.29, 1.82) is 0 Å². The van der Waals surface area contributed by atoms with Crippen LogP contribution in [0.1, 0.15) is 5.56 Å². The van der Waals surface area contributed by atoms with Crippen molar-refractivity contribution in [1.82, 2.24) is 15.3 Å². The van der Waals surface area contributed by atoms with Crippen molar-refractivity contribution < 1.29 is 9.13 Å². The molecule has 1 N–H and O–H groups in total. The maximum atomic E-state index is 12.8. The topological polar surface area (TPSA) is 50.3 Å². The molecule has 0 saturated carbocycles. The number of halogens is 1. The van der Waals surface area contributed by atoms with E-state index in [4.69, 9.17) is 4.74 Å². The molecule has 1 fully saturated rings. The predicted molar refractivity (Wildman–Crippen MR) is 82.7 cm³/mol. The first kappa shape index (κ1) is 14.7. The summed E-state index contributed by atoms with van der Waals surface area (Å²) in [4.78, 5) is 10.9. The van der Waals surface area contributed by atoms with Crippen molar-refractivity contribution in [3.05, 3.63) is 48.0 Å². The van der Waals surface area contributed by atoms with E-state index in [2.05, 4.69) is 20.2 Å². The number of nitrogens with one attached hydrogen (secondary N) is 1. The van der Waals surface area contributed by atoms with Gasteiger partial charge in [0.25, 0.3) is 0 Å². The fourth-order valence-electron chi connectivity index (χ4n) is 2.35. The lowest BCUT2D eigenvalue weighted by Gasteiger charge is -2.27. The maximum absolute atomic E-state index is 12.8. The molecule has 0 unspecified atom stereocenters. The Morgan fingerprint density at radius 1 is 1.09 bits per heavy atom. The van der Waals surface area contributed by atoms with Gasteiger partial charge in [-0.15, -0.1) is 0 Å². The van der Waals surface area contributed by atoms with Gasteiger partial charge in [0.2, 0.25) is 5.95 Å². The highest BCUT2D eigenvalue weighted by atomic mass is 19.1. The fourth-order valence-corrected chi connectivity index (χ4v) is 2.35. The number of piperazine rings is 1. The average molecular weight is 302 g/mol. The lowest BCUT2D eigenvalue weighted by atomic mass is 10.2. The third-order valence-corrected chi connectivity index (χ3v) is 3.59. The number of hydrogen-bond acceptors (Lipinski definition) is 5. The molecule has 1 aromatic heterocycles. The molecule has 22 heavy (non-hydrogen) atoms. The quantitative estimate of drug-likeness (QED) is 0.910. The second-order valence-corrected chi connectivity index (χ2v) is 5.18. The molecular weight excluding hydrogens is 283 g/mol. The van der Waals surface area contributed by atoms with Gasteiger partial charge < -0.3 is 15.0 Å². The molecule has 1 aliphatic rings. The highest BCUT2D eigenvalue weighted by molar-refractivity contribution is 5.32. The summed E-state index contributed by atoms with van der Waals surface area (Å²) in [5, 5.41) is 3.30. The van der Waals surface area contributed by atoms with Gasteiger partial charge in [0.15, 0.2) is 5.75 Å². The van der Waals surface area contributed by atoms with Crippen molar-refractivity contribution in [3.8, 4) is 5.75 Å². The largest absolute Gasteiger partial charge is 0.490 e. The monoisotopic (exact) mass is 302 g/mol. The molecule has 0 atom stereocenters. The summed E-state index contributed by atoms with van der Waals surface area (Å²) in [5.41, 5.74) is 1.04. The molecule has 2 aromatic rings. The van der Waals surface area contributed by atoms with E-state index in [1.54, 1.807) is 24.5 Å². The van der Waals surface area contributed by atoms with E-state index in [1.165, 1.54) is 12.1 Å². The van der Waals surface area contributed by atoms with E-state index in [0.717, 1.165) is 44.1 Å². The molecule has 6 heteroatoms. The van der Waals surface area contributed by atoms with Crippen LogP contribution in [0, 0.1) is 5.82 Å². The molecule has 0 spiro atoms. The third kappa shape index (κ3) is 3.92. The highest BCUT2D eigenvalue weighted by Gasteiger charge is 2.12. The summed E-state index contributed by atoms with van der Waals surface area (Å²) in [6.07, 6.45) is 4.13. The van der Waals surface area contributed by atoms with Crippen LogP contribution in [-0.4, -0.2) is 42.8 Å². The molecule has 1 saturated heterocycles. The van der Waals surface area contributed by atoms with Crippen LogP contribution in [0.3, 0.4) is 0 Å². The maximum Gasteiger partial charge on any atom is 0.225 e. The molecule has 1 aliphatic heterocycles. The van der Waals surface area contributed by atoms with Gasteiger partial charge in [-0.1, -0.05) is 12.1 Å². The summed E-state index contributed by atoms with van der Waals surface area (Å²) >= 11 is 0. The molecule has 3 rings (SSSR count). The first-order valence-corrected chi connectivity index (χ1v) is 7.46. The van der Waals surface area contributed by atoms with E-state index < -0.39 is 0 Å². The van der Waals surface area contributed by atoms with Crippen LogP contribution in [0.2, 0.25) is 0 Å². The van der Waals surface area contributed by atoms with Crippen LogP contribution in [-0.2, 0) is 6.42 Å². The van der Waals surface area contributed by atoms with Crippen LogP contribution in [0.4, 0.5) is 10.3 Å². The van der Waals surface area contributed by atoms with Gasteiger partial charge in [-0.05, 0) is 17.7 Å². The van der Waals surface area contributed by atoms with Crippen molar-refractivity contribution in [2.24, 2.45) is 0 Å². The number of aromatic nitrogens is 2. The zero-order valence-electron chi connectivity index (χ0n) is 12.3. The lowest BCUT2D eigenvalue weighted by Crippen LogP contribution is -2.44. The summed E-state index contributed by atoms with van der Waals surface area (Å²) in [6, 6.07) is 6.45. The predicted octanol–water partition coefficient (Wildman–Crippen LogP) is 1.65. The van der Waals surface area contributed by atoms with Gasteiger partial charge in [0, 0.05) is 32.6 Å². The number of ether oxygens (including phenoxy) is 1. The summed E-state index contributed by atoms with van der Waals surface area (Å²) in [6.45, 7) is 4.27. The van der Waals surface area contributed by atoms with Crippen LogP contribution in [0.25, 0.3) is 0 Å². The fraction of sp³-hybridized carbons (Fsp3) is 0.375. The van der Waals surface area contributed by atoms with Crippen LogP contribution < -0.4 is 15.0 Å². The Balaban J connectivity index is 1.49. The molecule has 0 aliphatic carbocycles. The smallest absolute Gasteiger partial charge is 0.225 e. The van der Waals surface area contributed by atoms with Crippen molar-refractivity contribution in [3.63, 3.8) is 0 Å². The van der Waals surface area contributed by atoms with Gasteiger partial charge in [0.1, 0.15) is 5.82 Å². The average Bonchev–Trinajstić information content (AvgIpc) is 2.58. The summed E-state index contributed by atoms with van der Waals surface area (Å²) in [7, 11) is 0. The normalized spacial score (nSPS) is 14.9. The Morgan fingerprint density at radius 2 is 1.77 bits per heavy atom. The minimum Gasteiger partial charge on any atom is -0.490 e. The third-order valence-electron chi connectivity index (χ3n) is 3.59. The number of nitrogens with zero attached hydrogens (tertiary/aromatic N) is 3. The van der Waals surface area contributed by atoms with Gasteiger partial charge in [-0.2, -0.15) is 0 Å². The van der Waals surface area contributed by atoms with Gasteiger partial charge >= 0.3 is 0 Å². The molecule has 1 aromatic carbocycles. The van der Waals surface area contributed by atoms with Gasteiger partial charge in [-0.25, -0.2) is 14.4 Å². The molecule has 0 amide bonds. The van der Waals surface area contributed by atoms with Crippen LogP contribution in [0.15, 0.2) is 36.7 Å². The zero-order valence-corrected chi connectivity index (χ0v) is 12.3. The first-order valence-electron chi connectivity index (χ1n) is 7.46. The molecular formula is C16H19FN4O. The van der Waals surface area contributed by atoms with Gasteiger partial charge in [-0.3, -0.25) is 0 Å². The summed E-state index contributed by atoms with van der Waals surface area (Å²) in [5.74, 6) is 1.18. The molecule has 116 valence electrons. The highest BCUT2D eigenvalue weighted by Crippen LogP contribution is 2.13. The van der Waals surface area contributed by atoms with E-state index in [1.807, 2.05) is 0 Å². The zero-order chi connectivity index (χ0) is 15.2. The van der Waals surface area contributed by atoms with Crippen LogP contribution in [0.5, 0.6) is 5.75 Å². The molecule has 5 nitrogen and oxygen atoms in total. The van der Waals surface area contributed by atoms with Crippen molar-refractivity contribution >= 4 is 5.95 Å². The number of anilines is 1. The number of hydrogen-bond donors (Lipinski definition) is 1. The van der Waals surface area contributed by atoms with Crippen molar-refractivity contribution in [2.75, 3.05) is 37.7 Å². The summed E-state index contributed by atoms with van der Waals surface area (Å²) < 4.78 is 18.4. The van der Waals surface area contributed by atoms with Crippen molar-refractivity contribution in [2.45, 2.75) is 6.42 Å². The minimum atomic E-state index is -0.221. The van der Waals surface area contributed by atoms with Crippen LogP contribution >= 0.6 is 0 Å². The lowest BCUT2D eigenvalue weighted by molar-refractivity contribution is 0.319. The minimum absolute atomic E-state index is 0.221. The Hall–Kier alpha value is -2.21. The van der Waals surface area contributed by atoms with E-state index in [-0.39, 0.29) is 5.82 Å². The second kappa shape index (κ2) is 7.17. The number of benzene rings is 1. The van der Waals surface area contributed by atoms with E-state index >= 15 is 0 Å².